The van der Waals surface area contributed by atoms with Gasteiger partial charge in [-0.05, 0) is 62.0 Å². The highest BCUT2D eigenvalue weighted by Gasteiger charge is 2.60. The van der Waals surface area contributed by atoms with Crippen molar-refractivity contribution in [2.75, 3.05) is 19.0 Å². The van der Waals surface area contributed by atoms with Crippen LogP contribution in [0.5, 0.6) is 0 Å². The van der Waals surface area contributed by atoms with E-state index in [2.05, 4.69) is 27.5 Å². The van der Waals surface area contributed by atoms with Crippen LogP contribution in [0.3, 0.4) is 0 Å². The first-order valence-electron chi connectivity index (χ1n) is 16.5. The molecule has 6 atom stereocenters. The summed E-state index contributed by atoms with van der Waals surface area (Å²) in [5, 5.41) is 24.3. The molecule has 3 aliphatic rings. The lowest BCUT2D eigenvalue weighted by atomic mass is 9.60. The number of rotatable bonds is 14. The van der Waals surface area contributed by atoms with Crippen molar-refractivity contribution in [3.05, 3.63) is 53.2 Å². The highest BCUT2D eigenvalue weighted by Crippen LogP contribution is 2.52. The molecule has 0 bridgehead atoms. The second kappa shape index (κ2) is 14.5. The maximum atomic E-state index is 14.1. The van der Waals surface area contributed by atoms with Gasteiger partial charge in [0, 0.05) is 31.3 Å². The van der Waals surface area contributed by atoms with Crippen LogP contribution in [-0.2, 0) is 37.5 Å². The average molecular weight is 619 g/mol. The molecule has 1 aliphatic carbocycles. The second-order valence-electron chi connectivity index (χ2n) is 13.0. The van der Waals surface area contributed by atoms with Crippen LogP contribution in [0.15, 0.2) is 30.5 Å². The molecule has 0 radical (unpaired) electrons. The van der Waals surface area contributed by atoms with Gasteiger partial charge in [-0.1, -0.05) is 56.0 Å². The summed E-state index contributed by atoms with van der Waals surface area (Å²) in [6, 6.07) is 7.06. The molecule has 0 spiro atoms. The Labute approximate surface area is 265 Å². The Morgan fingerprint density at radius 1 is 1.18 bits per heavy atom. The van der Waals surface area contributed by atoms with Crippen LogP contribution in [0.2, 0.25) is 0 Å². The third kappa shape index (κ3) is 6.76. The van der Waals surface area contributed by atoms with Crippen molar-refractivity contribution in [3.63, 3.8) is 0 Å². The number of amides is 1. The first-order valence-corrected chi connectivity index (χ1v) is 16.5. The zero-order valence-corrected chi connectivity index (χ0v) is 26.5. The summed E-state index contributed by atoms with van der Waals surface area (Å²) in [5.41, 5.74) is 1.19. The number of Topliss-reactive ketones (excluding diaryl/α,β-unsaturated/α-hetero) is 1. The van der Waals surface area contributed by atoms with Crippen molar-refractivity contribution in [1.82, 2.24) is 20.0 Å². The lowest BCUT2D eigenvalue weighted by Gasteiger charge is -2.49. The predicted molar refractivity (Wildman–Crippen MR) is 168 cm³/mol. The number of hydrogen-bond acceptors (Lipinski definition) is 8. The number of aryl methyl sites for hydroxylation is 2. The van der Waals surface area contributed by atoms with Gasteiger partial charge >= 0.3 is 5.97 Å². The topological polar surface area (TPSA) is 131 Å². The van der Waals surface area contributed by atoms with E-state index in [1.54, 1.807) is 9.69 Å². The Morgan fingerprint density at radius 2 is 1.98 bits per heavy atom. The number of esters is 1. The number of unbranched alkanes of at least 4 members (excludes halogenated alkanes) is 4. The Balaban J connectivity index is 1.35. The normalized spacial score (nSPS) is 27.3. The highest BCUT2D eigenvalue weighted by molar-refractivity contribution is 6.07. The quantitative estimate of drug-likeness (QED) is 0.180. The average Bonchev–Trinajstić information content (AvgIpc) is 3.63. The number of aliphatic hydroxyl groups is 1. The predicted octanol–water partition coefficient (Wildman–Crippen LogP) is 4.51. The van der Waals surface area contributed by atoms with Crippen molar-refractivity contribution in [2.45, 2.75) is 108 Å². The van der Waals surface area contributed by atoms with E-state index in [4.69, 9.17) is 11.3 Å². The molecule has 1 saturated carbocycles. The minimum absolute atomic E-state index is 0.0385. The number of ether oxygens (including phenoxy) is 1. The SMILES string of the molecule is [C-]#[N+]N1C[C@@H]2CC[C@H](O)[C@H](C(=O)OC)[C@H]2C[C@H]1[C@@]1(CCn2cc(CCC(=O)CCCCCCC)nn2)C(=O)Nc2ccccc21. The molecule has 0 unspecified atom stereocenters. The molecule has 2 fully saturated rings. The van der Waals surface area contributed by atoms with Gasteiger partial charge in [0.25, 0.3) is 0 Å². The zero-order valence-electron chi connectivity index (χ0n) is 26.5. The summed E-state index contributed by atoms with van der Waals surface area (Å²) in [7, 11) is 1.34. The largest absolute Gasteiger partial charge is 0.469 e. The Bertz CT molecular complexity index is 1400. The van der Waals surface area contributed by atoms with Crippen LogP contribution < -0.4 is 5.32 Å². The van der Waals surface area contributed by atoms with Crippen molar-refractivity contribution < 1.29 is 24.2 Å². The number of ketones is 1. The fraction of sp³-hybridized carbons (Fsp3) is 0.647. The number of piperidine rings is 1. The van der Waals surface area contributed by atoms with E-state index >= 15 is 0 Å². The molecule has 11 nitrogen and oxygen atoms in total. The van der Waals surface area contributed by atoms with Gasteiger partial charge in [0.15, 0.2) is 0 Å². The van der Waals surface area contributed by atoms with E-state index in [9.17, 15) is 19.5 Å². The van der Waals surface area contributed by atoms with Crippen molar-refractivity contribution in [2.24, 2.45) is 17.8 Å². The van der Waals surface area contributed by atoms with Gasteiger partial charge in [-0.15, -0.1) is 10.1 Å². The number of anilines is 1. The van der Waals surface area contributed by atoms with Crippen molar-refractivity contribution >= 4 is 23.3 Å². The Hall–Kier alpha value is -3.78. The molecule has 11 heteroatoms. The third-order valence-corrected chi connectivity index (χ3v) is 10.4. The number of carbonyl (C=O) groups excluding carboxylic acids is 3. The molecule has 1 aromatic carbocycles. The maximum absolute atomic E-state index is 14.1. The van der Waals surface area contributed by atoms with E-state index < -0.39 is 29.4 Å². The molecule has 2 N–H and O–H groups in total. The minimum Gasteiger partial charge on any atom is -0.469 e. The highest BCUT2D eigenvalue weighted by atomic mass is 16.5. The minimum atomic E-state index is -1.09. The summed E-state index contributed by atoms with van der Waals surface area (Å²) >= 11 is 0. The molecule has 1 saturated heterocycles. The van der Waals surface area contributed by atoms with E-state index in [0.717, 1.165) is 29.8 Å². The fourth-order valence-corrected chi connectivity index (χ4v) is 7.96. The summed E-state index contributed by atoms with van der Waals surface area (Å²) in [5.74, 6) is -1.26. The van der Waals surface area contributed by atoms with Gasteiger partial charge in [-0.3, -0.25) is 19.1 Å². The van der Waals surface area contributed by atoms with E-state index in [0.29, 0.717) is 58.0 Å². The molecule has 3 heterocycles. The molecule has 1 aromatic heterocycles. The number of hydrogen-bond donors (Lipinski definition) is 2. The van der Waals surface area contributed by atoms with Gasteiger partial charge in [0.1, 0.15) is 17.2 Å². The van der Waals surface area contributed by atoms with Crippen LogP contribution in [0, 0.1) is 24.3 Å². The maximum Gasteiger partial charge on any atom is 0.311 e. The van der Waals surface area contributed by atoms with Gasteiger partial charge in [-0.25, -0.2) is 0 Å². The van der Waals surface area contributed by atoms with E-state index in [1.807, 2.05) is 30.5 Å². The van der Waals surface area contributed by atoms with E-state index in [1.165, 1.54) is 26.4 Å². The molecule has 2 aromatic rings. The molecule has 1 amide bonds. The first-order chi connectivity index (χ1) is 21.8. The molecule has 2 aliphatic heterocycles. The van der Waals surface area contributed by atoms with Crippen LogP contribution in [0.4, 0.5) is 5.69 Å². The lowest BCUT2D eigenvalue weighted by Crippen LogP contribution is -2.60. The van der Waals surface area contributed by atoms with Crippen molar-refractivity contribution in [3.8, 4) is 0 Å². The number of aromatic nitrogens is 3. The van der Waals surface area contributed by atoms with Crippen molar-refractivity contribution in [1.29, 1.82) is 0 Å². The molecule has 242 valence electrons. The number of aliphatic hydroxyl groups excluding tert-OH is 1. The number of para-hydroxylation sites is 1. The summed E-state index contributed by atoms with van der Waals surface area (Å²) in [6.07, 6.45) is 10.1. The standard InChI is InChI=1S/C34H46N6O5/c1-4-5-6-7-8-11-25(41)16-15-24-22-39(38-37-24)19-18-34(27-12-9-10-13-28(27)36-33(34)44)30-20-26-23(21-40(30)35-2)14-17-29(42)31(26)32(43)45-3/h9-10,12-13,22-23,26,29-31,42H,4-8,11,14-21H2,1,3H3,(H,36,44)/t23-,26-,29-,30-,31+,34-/m0/s1. The molecular formula is C34H46N6O5. The molecule has 5 rings (SSSR count). The van der Waals surface area contributed by atoms with Gasteiger partial charge in [0.2, 0.25) is 5.91 Å². The van der Waals surface area contributed by atoms with Crippen LogP contribution >= 0.6 is 0 Å². The monoisotopic (exact) mass is 618 g/mol. The van der Waals surface area contributed by atoms with Crippen LogP contribution in [-0.4, -0.2) is 68.6 Å². The van der Waals surface area contributed by atoms with Crippen LogP contribution in [0.1, 0.15) is 88.8 Å². The van der Waals surface area contributed by atoms with Gasteiger partial charge in [0.05, 0.1) is 31.4 Å². The Kier molecular flexibility index (Phi) is 10.5. The number of nitrogens with zero attached hydrogens (tertiary/aromatic N) is 5. The first kappa shape index (κ1) is 32.6. The van der Waals surface area contributed by atoms with Gasteiger partial charge in [-0.2, -0.15) is 11.5 Å². The van der Waals surface area contributed by atoms with E-state index in [-0.39, 0.29) is 23.5 Å². The summed E-state index contributed by atoms with van der Waals surface area (Å²) < 4.78 is 6.83. The number of nitrogens with one attached hydrogen (secondary N) is 1. The molecular weight excluding hydrogens is 572 g/mol. The number of methoxy groups -OCH3 is 1. The fourth-order valence-electron chi connectivity index (χ4n) is 7.96. The zero-order chi connectivity index (χ0) is 32.0. The number of carbonyl (C=O) groups is 3. The molecule has 45 heavy (non-hydrogen) atoms. The smallest absolute Gasteiger partial charge is 0.311 e. The Morgan fingerprint density at radius 3 is 2.76 bits per heavy atom. The lowest BCUT2D eigenvalue weighted by molar-refractivity contribution is -0.160. The summed E-state index contributed by atoms with van der Waals surface area (Å²) in [4.78, 5) is 43.3. The van der Waals surface area contributed by atoms with Crippen LogP contribution in [0.25, 0.3) is 4.95 Å². The third-order valence-electron chi connectivity index (χ3n) is 10.4. The second-order valence-corrected chi connectivity index (χ2v) is 13.0. The number of fused-ring (bicyclic) bond motifs is 2. The summed E-state index contributed by atoms with van der Waals surface area (Å²) in [6.45, 7) is 11.1. The number of benzene rings is 1. The van der Waals surface area contributed by atoms with Gasteiger partial charge < -0.3 is 15.2 Å².